The van der Waals surface area contributed by atoms with Gasteiger partial charge in [0.2, 0.25) is 11.8 Å². The van der Waals surface area contributed by atoms with Crippen LogP contribution in [0.1, 0.15) is 57.9 Å². The molecular weight excluding hydrogens is 354 g/mol. The second-order valence-electron chi connectivity index (χ2n) is 7.40. The number of ketones is 1. The largest absolute Gasteiger partial charge is 0.369 e. The molecule has 6 heteroatoms. The summed E-state index contributed by atoms with van der Waals surface area (Å²) in [7, 11) is 0. The van der Waals surface area contributed by atoms with Crippen LogP contribution in [-0.2, 0) is 20.8 Å². The number of anilines is 1. The zero-order valence-corrected chi connectivity index (χ0v) is 17.1. The van der Waals surface area contributed by atoms with Crippen LogP contribution in [0.4, 0.5) is 5.69 Å². The summed E-state index contributed by atoms with van der Waals surface area (Å²) in [6.45, 7) is 5.59. The van der Waals surface area contributed by atoms with E-state index in [9.17, 15) is 14.4 Å². The van der Waals surface area contributed by atoms with E-state index in [2.05, 4.69) is 33.7 Å². The Bertz CT molecular complexity index is 675. The highest BCUT2D eigenvalue weighted by atomic mass is 16.2. The van der Waals surface area contributed by atoms with Gasteiger partial charge in [-0.2, -0.15) is 0 Å². The normalized spacial score (nSPS) is 13.7. The van der Waals surface area contributed by atoms with Crippen LogP contribution in [-0.4, -0.2) is 43.3 Å². The number of rotatable bonds is 12. The van der Waals surface area contributed by atoms with Crippen LogP contribution in [0.2, 0.25) is 0 Å². The molecule has 6 nitrogen and oxygen atoms in total. The van der Waals surface area contributed by atoms with Gasteiger partial charge in [0.1, 0.15) is 11.8 Å². The molecule has 0 radical (unpaired) electrons. The average Bonchev–Trinajstić information content (AvgIpc) is 3.09. The van der Waals surface area contributed by atoms with Gasteiger partial charge in [0.25, 0.3) is 0 Å². The van der Waals surface area contributed by atoms with Gasteiger partial charge in [0, 0.05) is 45.1 Å². The molecule has 1 atom stereocenters. The number of carbonyl (C=O) groups is 3. The number of hydrogen-bond acceptors (Lipinski definition) is 4. The number of nitrogens with zero attached hydrogens (tertiary/aromatic N) is 1. The SMILES string of the molecule is CCC(=O)CCCCC[C@H](NC(C)=O)C(=O)NCCN1CCc2ccccc21. The van der Waals surface area contributed by atoms with E-state index < -0.39 is 6.04 Å². The monoisotopic (exact) mass is 387 g/mol. The molecule has 1 aliphatic rings. The fourth-order valence-corrected chi connectivity index (χ4v) is 3.61. The summed E-state index contributed by atoms with van der Waals surface area (Å²) in [5.41, 5.74) is 2.60. The van der Waals surface area contributed by atoms with Crippen LogP contribution in [0.5, 0.6) is 0 Å². The van der Waals surface area contributed by atoms with Crippen molar-refractivity contribution in [2.45, 2.75) is 64.8 Å². The number of benzene rings is 1. The molecule has 28 heavy (non-hydrogen) atoms. The van der Waals surface area contributed by atoms with Crippen molar-refractivity contribution >= 4 is 23.3 Å². The fraction of sp³-hybridized carbons (Fsp3) is 0.591. The third kappa shape index (κ3) is 6.98. The zero-order chi connectivity index (χ0) is 20.4. The summed E-state index contributed by atoms with van der Waals surface area (Å²) in [5, 5.41) is 5.72. The second-order valence-corrected chi connectivity index (χ2v) is 7.40. The maximum atomic E-state index is 12.5. The van der Waals surface area contributed by atoms with Crippen LogP contribution in [0.25, 0.3) is 0 Å². The van der Waals surface area contributed by atoms with Crippen LogP contribution in [0.15, 0.2) is 24.3 Å². The molecule has 154 valence electrons. The summed E-state index contributed by atoms with van der Waals surface area (Å²) >= 11 is 0. The topological polar surface area (TPSA) is 78.5 Å². The quantitative estimate of drug-likeness (QED) is 0.541. The number of carbonyl (C=O) groups excluding carboxylic acids is 3. The zero-order valence-electron chi connectivity index (χ0n) is 17.1. The van der Waals surface area contributed by atoms with Crippen LogP contribution in [0.3, 0.4) is 0 Å². The minimum atomic E-state index is -0.509. The Balaban J connectivity index is 1.73. The highest BCUT2D eigenvalue weighted by Crippen LogP contribution is 2.26. The Morgan fingerprint density at radius 3 is 2.68 bits per heavy atom. The first-order valence-electron chi connectivity index (χ1n) is 10.4. The minimum absolute atomic E-state index is 0.132. The third-order valence-electron chi connectivity index (χ3n) is 5.20. The molecule has 0 aromatic heterocycles. The fourth-order valence-electron chi connectivity index (χ4n) is 3.61. The number of nitrogens with one attached hydrogen (secondary N) is 2. The first-order chi connectivity index (χ1) is 13.5. The molecule has 0 unspecified atom stereocenters. The van der Waals surface area contributed by atoms with E-state index in [1.807, 2.05) is 13.0 Å². The molecule has 2 rings (SSSR count). The summed E-state index contributed by atoms with van der Waals surface area (Å²) in [6, 6.07) is 7.85. The van der Waals surface area contributed by atoms with Crippen molar-refractivity contribution in [3.05, 3.63) is 29.8 Å². The molecule has 0 saturated heterocycles. The lowest BCUT2D eigenvalue weighted by molar-refractivity contribution is -0.128. The van der Waals surface area contributed by atoms with E-state index in [-0.39, 0.29) is 17.6 Å². The summed E-state index contributed by atoms with van der Waals surface area (Å²) in [4.78, 5) is 37.6. The molecule has 0 bridgehead atoms. The lowest BCUT2D eigenvalue weighted by Crippen LogP contribution is -2.47. The summed E-state index contributed by atoms with van der Waals surface area (Å²) < 4.78 is 0. The number of amides is 2. The lowest BCUT2D eigenvalue weighted by atomic mass is 10.0. The number of hydrogen-bond donors (Lipinski definition) is 2. The van der Waals surface area contributed by atoms with Crippen molar-refractivity contribution in [2.75, 3.05) is 24.5 Å². The van der Waals surface area contributed by atoms with Gasteiger partial charge in [-0.05, 0) is 30.9 Å². The number of para-hydroxylation sites is 1. The van der Waals surface area contributed by atoms with Crippen molar-refractivity contribution in [1.29, 1.82) is 0 Å². The van der Waals surface area contributed by atoms with Gasteiger partial charge in [-0.1, -0.05) is 38.0 Å². The van der Waals surface area contributed by atoms with Crippen molar-refractivity contribution < 1.29 is 14.4 Å². The Hall–Kier alpha value is -2.37. The second kappa shape index (κ2) is 11.5. The van der Waals surface area contributed by atoms with Gasteiger partial charge in [-0.3, -0.25) is 14.4 Å². The number of unbranched alkanes of at least 4 members (excludes halogenated alkanes) is 2. The molecule has 0 aliphatic carbocycles. The lowest BCUT2D eigenvalue weighted by Gasteiger charge is -2.21. The van der Waals surface area contributed by atoms with Gasteiger partial charge in [0.05, 0.1) is 0 Å². The minimum Gasteiger partial charge on any atom is -0.369 e. The Morgan fingerprint density at radius 2 is 1.93 bits per heavy atom. The van der Waals surface area contributed by atoms with E-state index in [4.69, 9.17) is 0 Å². The van der Waals surface area contributed by atoms with Gasteiger partial charge < -0.3 is 15.5 Å². The van der Waals surface area contributed by atoms with E-state index in [0.29, 0.717) is 25.8 Å². The highest BCUT2D eigenvalue weighted by molar-refractivity contribution is 5.86. The first kappa shape index (κ1) is 21.9. The Kier molecular flexibility index (Phi) is 8.98. The van der Waals surface area contributed by atoms with Crippen molar-refractivity contribution in [2.24, 2.45) is 0 Å². The predicted molar refractivity (Wildman–Crippen MR) is 111 cm³/mol. The van der Waals surface area contributed by atoms with Gasteiger partial charge >= 0.3 is 0 Å². The Labute approximate surface area is 168 Å². The Morgan fingerprint density at radius 1 is 1.14 bits per heavy atom. The van der Waals surface area contributed by atoms with Gasteiger partial charge in [-0.15, -0.1) is 0 Å². The highest BCUT2D eigenvalue weighted by Gasteiger charge is 2.21. The van der Waals surface area contributed by atoms with Gasteiger partial charge in [0.15, 0.2) is 0 Å². The van der Waals surface area contributed by atoms with E-state index >= 15 is 0 Å². The van der Waals surface area contributed by atoms with E-state index in [1.54, 1.807) is 0 Å². The maximum Gasteiger partial charge on any atom is 0.242 e. The molecule has 1 aromatic carbocycles. The molecule has 1 aromatic rings. The summed E-state index contributed by atoms with van der Waals surface area (Å²) in [5.74, 6) is -0.0539. The number of fused-ring (bicyclic) bond motifs is 1. The predicted octanol–water partition coefficient (Wildman–Crippen LogP) is 2.60. The van der Waals surface area contributed by atoms with Crippen LogP contribution in [0, 0.1) is 0 Å². The van der Waals surface area contributed by atoms with Crippen LogP contribution < -0.4 is 15.5 Å². The molecule has 0 spiro atoms. The molecule has 0 saturated carbocycles. The molecular formula is C22H33N3O3. The third-order valence-corrected chi connectivity index (χ3v) is 5.20. The van der Waals surface area contributed by atoms with Crippen molar-refractivity contribution in [3.63, 3.8) is 0 Å². The maximum absolute atomic E-state index is 12.5. The van der Waals surface area contributed by atoms with Crippen molar-refractivity contribution in [1.82, 2.24) is 10.6 Å². The number of Topliss-reactive ketones (excluding diaryl/α,β-unsaturated/α-hetero) is 1. The van der Waals surface area contributed by atoms with Crippen molar-refractivity contribution in [3.8, 4) is 0 Å². The van der Waals surface area contributed by atoms with Crippen LogP contribution >= 0.6 is 0 Å². The molecule has 2 N–H and O–H groups in total. The molecule has 1 aliphatic heterocycles. The molecule has 2 amide bonds. The standard InChI is InChI=1S/C22H33N3O3/c1-3-19(27)10-5-4-6-11-20(24-17(2)26)22(28)23-14-16-25-15-13-18-9-7-8-12-21(18)25/h7-9,12,20H,3-6,10-11,13-16H2,1-2H3,(H,23,28)(H,24,26)/t20-/m0/s1. The molecule has 1 heterocycles. The molecule has 0 fully saturated rings. The smallest absolute Gasteiger partial charge is 0.242 e. The van der Waals surface area contributed by atoms with E-state index in [0.717, 1.165) is 38.8 Å². The average molecular weight is 388 g/mol. The van der Waals surface area contributed by atoms with Gasteiger partial charge in [-0.25, -0.2) is 0 Å². The summed E-state index contributed by atoms with van der Waals surface area (Å²) in [6.07, 6.45) is 5.37. The first-order valence-corrected chi connectivity index (χ1v) is 10.4. The van der Waals surface area contributed by atoms with E-state index in [1.165, 1.54) is 18.2 Å².